The van der Waals surface area contributed by atoms with E-state index in [0.717, 1.165) is 24.8 Å². The van der Waals surface area contributed by atoms with E-state index in [4.69, 9.17) is 16.3 Å². The number of aromatic nitrogens is 1. The third-order valence-electron chi connectivity index (χ3n) is 5.24. The van der Waals surface area contributed by atoms with Crippen LogP contribution < -0.4 is 5.56 Å². The zero-order valence-corrected chi connectivity index (χ0v) is 16.1. The summed E-state index contributed by atoms with van der Waals surface area (Å²) in [7, 11) is 1.33. The van der Waals surface area contributed by atoms with Crippen LogP contribution in [0.25, 0.3) is 10.9 Å². The first kappa shape index (κ1) is 18.9. The molecule has 2 aromatic rings. The van der Waals surface area contributed by atoms with Gasteiger partial charge in [-0.25, -0.2) is 0 Å². The lowest BCUT2D eigenvalue weighted by atomic mass is 9.99. The molecule has 1 aromatic carbocycles. The van der Waals surface area contributed by atoms with Crippen LogP contribution in [0.3, 0.4) is 0 Å². The second-order valence-electron chi connectivity index (χ2n) is 6.87. The number of carbonyl (C=O) groups excluding carboxylic acids is 1. The monoisotopic (exact) mass is 376 g/mol. The Labute approximate surface area is 158 Å². The SMILES string of the molecule is CC[C@H]1CCCCN1Cc1cc2ccc(Cl)cc2n(CC(=O)OC)c1=O. The number of rotatable bonds is 5. The first-order chi connectivity index (χ1) is 12.5. The van der Waals surface area contributed by atoms with Gasteiger partial charge in [-0.1, -0.05) is 31.0 Å². The molecule has 26 heavy (non-hydrogen) atoms. The number of esters is 1. The van der Waals surface area contributed by atoms with Crippen LogP contribution in [0.15, 0.2) is 29.1 Å². The summed E-state index contributed by atoms with van der Waals surface area (Å²) < 4.78 is 6.25. The molecule has 1 atom stereocenters. The summed E-state index contributed by atoms with van der Waals surface area (Å²) >= 11 is 6.11. The molecule has 0 radical (unpaired) electrons. The highest BCUT2D eigenvalue weighted by molar-refractivity contribution is 6.31. The summed E-state index contributed by atoms with van der Waals surface area (Å²) in [5, 5.41) is 1.43. The van der Waals surface area contributed by atoms with Crippen molar-refractivity contribution in [3.05, 3.63) is 45.2 Å². The van der Waals surface area contributed by atoms with Crippen LogP contribution in [0.1, 0.15) is 38.2 Å². The van der Waals surface area contributed by atoms with Crippen molar-refractivity contribution in [2.45, 2.75) is 51.7 Å². The van der Waals surface area contributed by atoms with E-state index in [9.17, 15) is 9.59 Å². The maximum atomic E-state index is 13.1. The second kappa shape index (κ2) is 8.23. The molecule has 0 unspecified atom stereocenters. The van der Waals surface area contributed by atoms with E-state index in [1.165, 1.54) is 24.5 Å². The Kier molecular flexibility index (Phi) is 5.99. The van der Waals surface area contributed by atoms with Crippen LogP contribution >= 0.6 is 11.6 Å². The van der Waals surface area contributed by atoms with Crippen molar-refractivity contribution in [1.82, 2.24) is 9.47 Å². The van der Waals surface area contributed by atoms with Gasteiger partial charge < -0.3 is 4.74 Å². The summed E-state index contributed by atoms with van der Waals surface area (Å²) in [4.78, 5) is 27.3. The van der Waals surface area contributed by atoms with Crippen LogP contribution in [0.4, 0.5) is 0 Å². The molecule has 0 amide bonds. The number of benzene rings is 1. The number of carbonyl (C=O) groups is 1. The van der Waals surface area contributed by atoms with E-state index < -0.39 is 5.97 Å². The maximum Gasteiger partial charge on any atom is 0.325 e. The van der Waals surface area contributed by atoms with Crippen LogP contribution in [0, 0.1) is 0 Å². The van der Waals surface area contributed by atoms with E-state index >= 15 is 0 Å². The molecular weight excluding hydrogens is 352 g/mol. The minimum absolute atomic E-state index is 0.114. The minimum atomic E-state index is -0.449. The number of halogens is 1. The zero-order chi connectivity index (χ0) is 18.7. The molecule has 3 rings (SSSR count). The third kappa shape index (κ3) is 3.94. The molecule has 5 nitrogen and oxygen atoms in total. The molecule has 0 aliphatic carbocycles. The molecule has 1 fully saturated rings. The molecule has 1 aliphatic rings. The minimum Gasteiger partial charge on any atom is -0.468 e. The number of likely N-dealkylation sites (tertiary alicyclic amines) is 1. The van der Waals surface area contributed by atoms with Gasteiger partial charge in [0, 0.05) is 23.2 Å². The van der Waals surface area contributed by atoms with Crippen molar-refractivity contribution in [2.24, 2.45) is 0 Å². The fraction of sp³-hybridized carbons (Fsp3) is 0.500. The Morgan fingerprint density at radius 3 is 2.85 bits per heavy atom. The fourth-order valence-electron chi connectivity index (χ4n) is 3.82. The molecule has 0 N–H and O–H groups in total. The van der Waals surface area contributed by atoms with Crippen molar-refractivity contribution in [3.8, 4) is 0 Å². The number of hydrogen-bond acceptors (Lipinski definition) is 4. The number of pyridine rings is 1. The Morgan fingerprint density at radius 1 is 1.31 bits per heavy atom. The Hall–Kier alpha value is -1.85. The molecule has 6 heteroatoms. The zero-order valence-electron chi connectivity index (χ0n) is 15.3. The van der Waals surface area contributed by atoms with Crippen molar-refractivity contribution in [2.75, 3.05) is 13.7 Å². The summed E-state index contributed by atoms with van der Waals surface area (Å²) in [5.41, 5.74) is 1.22. The highest BCUT2D eigenvalue weighted by atomic mass is 35.5. The van der Waals surface area contributed by atoms with E-state index in [-0.39, 0.29) is 12.1 Å². The van der Waals surface area contributed by atoms with E-state index in [1.807, 2.05) is 12.1 Å². The molecule has 140 valence electrons. The quantitative estimate of drug-likeness (QED) is 0.748. The average molecular weight is 377 g/mol. The summed E-state index contributed by atoms with van der Waals surface area (Å²) in [6.45, 7) is 3.70. The van der Waals surface area contributed by atoms with Crippen LogP contribution in [-0.4, -0.2) is 35.1 Å². The largest absolute Gasteiger partial charge is 0.468 e. The maximum absolute atomic E-state index is 13.1. The number of nitrogens with zero attached hydrogens (tertiary/aromatic N) is 2. The van der Waals surface area contributed by atoms with Gasteiger partial charge >= 0.3 is 5.97 Å². The smallest absolute Gasteiger partial charge is 0.325 e. The molecule has 0 spiro atoms. The van der Waals surface area contributed by atoms with E-state index in [0.29, 0.717) is 28.7 Å². The highest BCUT2D eigenvalue weighted by Crippen LogP contribution is 2.23. The normalized spacial score (nSPS) is 18.2. The molecular formula is C20H25ClN2O3. The topological polar surface area (TPSA) is 51.5 Å². The predicted molar refractivity (Wildman–Crippen MR) is 104 cm³/mol. The molecule has 0 saturated carbocycles. The number of fused-ring (bicyclic) bond motifs is 1. The third-order valence-corrected chi connectivity index (χ3v) is 5.48. The van der Waals surface area contributed by atoms with Gasteiger partial charge in [0.25, 0.3) is 5.56 Å². The van der Waals surface area contributed by atoms with Gasteiger partial charge in [-0.15, -0.1) is 0 Å². The molecule has 0 bridgehead atoms. The summed E-state index contributed by atoms with van der Waals surface area (Å²) in [6, 6.07) is 7.86. The lowest BCUT2D eigenvalue weighted by Crippen LogP contribution is -2.40. The van der Waals surface area contributed by atoms with Gasteiger partial charge in [0.05, 0.1) is 12.6 Å². The first-order valence-corrected chi connectivity index (χ1v) is 9.54. The van der Waals surface area contributed by atoms with Crippen molar-refractivity contribution in [3.63, 3.8) is 0 Å². The van der Waals surface area contributed by atoms with Crippen LogP contribution in [0.2, 0.25) is 5.02 Å². The Balaban J connectivity index is 2.05. The first-order valence-electron chi connectivity index (χ1n) is 9.16. The molecule has 1 aliphatic heterocycles. The number of piperidine rings is 1. The van der Waals surface area contributed by atoms with Gasteiger partial charge in [-0.2, -0.15) is 0 Å². The van der Waals surface area contributed by atoms with E-state index in [1.54, 1.807) is 12.1 Å². The Morgan fingerprint density at radius 2 is 2.12 bits per heavy atom. The van der Waals surface area contributed by atoms with Gasteiger partial charge in [-0.3, -0.25) is 19.1 Å². The standard InChI is InChI=1S/C20H25ClN2O3/c1-3-17-6-4-5-9-22(17)12-15-10-14-7-8-16(21)11-18(14)23(20(15)25)13-19(24)26-2/h7-8,10-11,17H,3-6,9,12-13H2,1-2H3/t17-/m0/s1. The number of methoxy groups -OCH3 is 1. The molecule has 1 aromatic heterocycles. The van der Waals surface area contributed by atoms with Gasteiger partial charge in [0.2, 0.25) is 0 Å². The fourth-order valence-corrected chi connectivity index (χ4v) is 3.98. The summed E-state index contributed by atoms with van der Waals surface area (Å²) in [5.74, 6) is -0.449. The van der Waals surface area contributed by atoms with Crippen LogP contribution in [0.5, 0.6) is 0 Å². The number of hydrogen-bond donors (Lipinski definition) is 0. The average Bonchev–Trinajstić information content (AvgIpc) is 2.65. The Bertz CT molecular complexity index is 862. The predicted octanol–water partition coefficient (Wildman–Crippen LogP) is 3.59. The van der Waals surface area contributed by atoms with Crippen molar-refractivity contribution < 1.29 is 9.53 Å². The van der Waals surface area contributed by atoms with Gasteiger partial charge in [0.1, 0.15) is 6.54 Å². The highest BCUT2D eigenvalue weighted by Gasteiger charge is 2.23. The van der Waals surface area contributed by atoms with Crippen LogP contribution in [-0.2, 0) is 22.6 Å². The van der Waals surface area contributed by atoms with Gasteiger partial charge in [-0.05, 0) is 49.4 Å². The van der Waals surface area contributed by atoms with Crippen molar-refractivity contribution in [1.29, 1.82) is 0 Å². The summed E-state index contributed by atoms with van der Waals surface area (Å²) in [6.07, 6.45) is 4.67. The molecule has 1 saturated heterocycles. The van der Waals surface area contributed by atoms with Gasteiger partial charge in [0.15, 0.2) is 0 Å². The van der Waals surface area contributed by atoms with Crippen molar-refractivity contribution >= 4 is 28.5 Å². The van der Waals surface area contributed by atoms with E-state index in [2.05, 4.69) is 11.8 Å². The lowest BCUT2D eigenvalue weighted by Gasteiger charge is -2.35. The number of ether oxygens (including phenoxy) is 1. The molecule has 2 heterocycles. The lowest BCUT2D eigenvalue weighted by molar-refractivity contribution is -0.141. The second-order valence-corrected chi connectivity index (χ2v) is 7.30.